The number of amides is 1. The Bertz CT molecular complexity index is 1920. The van der Waals surface area contributed by atoms with Gasteiger partial charge in [-0.1, -0.05) is 0 Å². The molecule has 0 fully saturated rings. The Balaban J connectivity index is 1.65. The summed E-state index contributed by atoms with van der Waals surface area (Å²) < 4.78 is 98.0. The molecule has 10 nitrogen and oxygen atoms in total. The SMILES string of the molecule is CNC(=O)c1c(-c2ccc(Oc3ccc(F)cc3)cc2)oc2cc3c(c(F)c12)[C@H](C)O[C@H](CS(C)(=O)=O)CN3S(C)(=O)=O. The van der Waals surface area contributed by atoms with E-state index in [4.69, 9.17) is 13.9 Å². The summed E-state index contributed by atoms with van der Waals surface area (Å²) >= 11 is 0. The number of sulfonamides is 1. The molecule has 0 spiro atoms. The van der Waals surface area contributed by atoms with Crippen molar-refractivity contribution >= 4 is 42.4 Å². The fourth-order valence-electron chi connectivity index (χ4n) is 5.10. The molecule has 4 aromatic rings. The molecular formula is C29H28F2N2O8S2. The number of furan rings is 1. The fourth-order valence-corrected chi connectivity index (χ4v) is 6.90. The zero-order valence-electron chi connectivity index (χ0n) is 23.6. The second-order valence-electron chi connectivity index (χ2n) is 10.2. The molecule has 0 bridgehead atoms. The molecule has 1 N–H and O–H groups in total. The number of hydrogen-bond donors (Lipinski definition) is 1. The summed E-state index contributed by atoms with van der Waals surface area (Å²) in [7, 11) is -6.23. The highest BCUT2D eigenvalue weighted by Crippen LogP contribution is 2.44. The third kappa shape index (κ3) is 6.21. The number of nitrogens with one attached hydrogen (secondary N) is 1. The molecule has 1 aliphatic heterocycles. The number of halogens is 2. The number of rotatable bonds is 7. The van der Waals surface area contributed by atoms with Crippen LogP contribution in [0.25, 0.3) is 22.3 Å². The van der Waals surface area contributed by atoms with Crippen molar-refractivity contribution in [1.29, 1.82) is 0 Å². The predicted octanol–water partition coefficient (Wildman–Crippen LogP) is 4.80. The van der Waals surface area contributed by atoms with Gasteiger partial charge in [0.2, 0.25) is 10.0 Å². The number of hydrogen-bond acceptors (Lipinski definition) is 8. The molecule has 2 heterocycles. The number of ether oxygens (including phenoxy) is 2. The molecule has 1 amide bonds. The van der Waals surface area contributed by atoms with Crippen molar-refractivity contribution in [2.75, 3.05) is 36.2 Å². The molecule has 228 valence electrons. The van der Waals surface area contributed by atoms with Crippen molar-refractivity contribution in [3.8, 4) is 22.8 Å². The van der Waals surface area contributed by atoms with E-state index in [1.54, 1.807) is 24.3 Å². The van der Waals surface area contributed by atoms with E-state index in [2.05, 4.69) is 5.32 Å². The number of sulfone groups is 1. The van der Waals surface area contributed by atoms with Gasteiger partial charge < -0.3 is 19.2 Å². The molecule has 3 aromatic carbocycles. The summed E-state index contributed by atoms with van der Waals surface area (Å²) in [5.41, 5.74) is -0.0652. The van der Waals surface area contributed by atoms with Crippen LogP contribution in [0, 0.1) is 11.6 Å². The Morgan fingerprint density at radius 1 is 1.02 bits per heavy atom. The lowest BCUT2D eigenvalue weighted by Crippen LogP contribution is -2.39. The van der Waals surface area contributed by atoms with E-state index >= 15 is 4.39 Å². The first kappa shape index (κ1) is 30.4. The third-order valence-electron chi connectivity index (χ3n) is 6.89. The lowest BCUT2D eigenvalue weighted by Gasteiger charge is -2.24. The van der Waals surface area contributed by atoms with Crippen LogP contribution in [0.5, 0.6) is 11.5 Å². The van der Waals surface area contributed by atoms with Gasteiger partial charge >= 0.3 is 0 Å². The first-order valence-corrected chi connectivity index (χ1v) is 16.9. The van der Waals surface area contributed by atoms with E-state index in [0.29, 0.717) is 17.1 Å². The van der Waals surface area contributed by atoms with Crippen LogP contribution < -0.4 is 14.4 Å². The predicted molar refractivity (Wildman–Crippen MR) is 157 cm³/mol. The van der Waals surface area contributed by atoms with Gasteiger partial charge in [0.1, 0.15) is 44.3 Å². The van der Waals surface area contributed by atoms with Gasteiger partial charge in [0.15, 0.2) is 0 Å². The van der Waals surface area contributed by atoms with Crippen LogP contribution in [0.2, 0.25) is 0 Å². The fraction of sp³-hybridized carbons (Fsp3) is 0.276. The van der Waals surface area contributed by atoms with Gasteiger partial charge in [-0.05, 0) is 55.5 Å². The number of carbonyl (C=O) groups excluding carboxylic acids is 1. The number of anilines is 1. The topological polar surface area (TPSA) is 132 Å². The first-order chi connectivity index (χ1) is 20.2. The van der Waals surface area contributed by atoms with Gasteiger partial charge in [0.25, 0.3) is 5.91 Å². The van der Waals surface area contributed by atoms with Crippen LogP contribution in [0.4, 0.5) is 14.5 Å². The maximum absolute atomic E-state index is 16.5. The summed E-state index contributed by atoms with van der Waals surface area (Å²) in [6.45, 7) is 1.11. The Morgan fingerprint density at radius 2 is 1.63 bits per heavy atom. The molecule has 5 rings (SSSR count). The Morgan fingerprint density at radius 3 is 2.19 bits per heavy atom. The van der Waals surface area contributed by atoms with E-state index in [1.807, 2.05) is 0 Å². The summed E-state index contributed by atoms with van der Waals surface area (Å²) in [6.07, 6.45) is -0.235. The molecule has 1 aromatic heterocycles. The highest BCUT2D eigenvalue weighted by molar-refractivity contribution is 7.92. The standard InChI is InChI=1S/C29H28F2N2O8S2/c1-16-24-22(33(43(4,37)38)14-21(39-16)15-42(3,35)36)13-23-25(27(24)31)26(29(34)32-2)28(41-23)17-5-9-19(10-6-17)40-20-11-7-18(30)8-12-20/h5-13,16,21H,14-15H2,1-4H3,(H,32,34)/t16-,21-/m0/s1. The Hall–Kier alpha value is -4.01. The summed E-state index contributed by atoms with van der Waals surface area (Å²) in [4.78, 5) is 13.1. The lowest BCUT2D eigenvalue weighted by atomic mass is 9.99. The molecule has 0 radical (unpaired) electrons. The smallest absolute Gasteiger partial charge is 0.255 e. The van der Waals surface area contributed by atoms with Gasteiger partial charge in [-0.3, -0.25) is 9.10 Å². The van der Waals surface area contributed by atoms with Crippen LogP contribution in [0.3, 0.4) is 0 Å². The highest BCUT2D eigenvalue weighted by atomic mass is 32.2. The maximum atomic E-state index is 16.5. The van der Waals surface area contributed by atoms with Crippen molar-refractivity contribution < 1.29 is 44.3 Å². The van der Waals surface area contributed by atoms with Crippen molar-refractivity contribution in [3.05, 3.63) is 77.4 Å². The van der Waals surface area contributed by atoms with E-state index in [9.17, 15) is 26.0 Å². The molecule has 0 unspecified atom stereocenters. The largest absolute Gasteiger partial charge is 0.457 e. The van der Waals surface area contributed by atoms with Crippen LogP contribution in [-0.2, 0) is 24.6 Å². The molecule has 0 saturated heterocycles. The van der Waals surface area contributed by atoms with Crippen LogP contribution in [0.15, 0.2) is 59.0 Å². The monoisotopic (exact) mass is 634 g/mol. The normalized spacial score (nSPS) is 17.4. The molecule has 0 saturated carbocycles. The average molecular weight is 635 g/mol. The number of carbonyl (C=O) groups is 1. The summed E-state index contributed by atoms with van der Waals surface area (Å²) in [5.74, 6) is -1.65. The third-order valence-corrected chi connectivity index (χ3v) is 9.01. The highest BCUT2D eigenvalue weighted by Gasteiger charge is 2.37. The Kier molecular flexibility index (Phi) is 7.96. The molecule has 0 aliphatic carbocycles. The molecule has 43 heavy (non-hydrogen) atoms. The molecular weight excluding hydrogens is 606 g/mol. The first-order valence-electron chi connectivity index (χ1n) is 13.0. The van der Waals surface area contributed by atoms with Gasteiger partial charge in [-0.2, -0.15) is 0 Å². The van der Waals surface area contributed by atoms with Crippen LogP contribution >= 0.6 is 0 Å². The van der Waals surface area contributed by atoms with Crippen molar-refractivity contribution in [2.45, 2.75) is 19.1 Å². The van der Waals surface area contributed by atoms with Crippen LogP contribution in [-0.4, -0.2) is 60.7 Å². The van der Waals surface area contributed by atoms with Gasteiger partial charge in [0, 0.05) is 30.5 Å². The van der Waals surface area contributed by atoms with E-state index in [-0.39, 0.29) is 40.1 Å². The molecule has 2 atom stereocenters. The van der Waals surface area contributed by atoms with Crippen molar-refractivity contribution in [3.63, 3.8) is 0 Å². The lowest BCUT2D eigenvalue weighted by molar-refractivity contribution is 0.0177. The number of benzene rings is 3. The average Bonchev–Trinajstić information content (AvgIpc) is 3.24. The minimum atomic E-state index is -4.03. The second-order valence-corrected chi connectivity index (χ2v) is 14.3. The van der Waals surface area contributed by atoms with Crippen molar-refractivity contribution in [2.24, 2.45) is 0 Å². The van der Waals surface area contributed by atoms with Gasteiger partial charge in [-0.15, -0.1) is 0 Å². The maximum Gasteiger partial charge on any atom is 0.255 e. The number of nitrogens with zero attached hydrogens (tertiary/aromatic N) is 1. The summed E-state index contributed by atoms with van der Waals surface area (Å²) in [5, 5.41) is 2.30. The quantitative estimate of drug-likeness (QED) is 0.307. The van der Waals surface area contributed by atoms with Crippen molar-refractivity contribution in [1.82, 2.24) is 5.32 Å². The zero-order valence-corrected chi connectivity index (χ0v) is 25.2. The minimum Gasteiger partial charge on any atom is -0.457 e. The van der Waals surface area contributed by atoms with E-state index < -0.39 is 55.4 Å². The summed E-state index contributed by atoms with van der Waals surface area (Å²) in [6, 6.07) is 13.1. The second kappa shape index (κ2) is 11.2. The molecule has 1 aliphatic rings. The van der Waals surface area contributed by atoms with E-state index in [0.717, 1.165) is 16.8 Å². The van der Waals surface area contributed by atoms with E-state index in [1.165, 1.54) is 44.3 Å². The van der Waals surface area contributed by atoms with Gasteiger partial charge in [0.05, 0.1) is 47.4 Å². The minimum absolute atomic E-state index is 0.0242. The zero-order chi connectivity index (χ0) is 31.3. The van der Waals surface area contributed by atoms with Crippen LogP contribution in [0.1, 0.15) is 28.9 Å². The Labute approximate surface area is 247 Å². The number of fused-ring (bicyclic) bond motifs is 2. The molecule has 14 heteroatoms. The van der Waals surface area contributed by atoms with Gasteiger partial charge in [-0.25, -0.2) is 25.6 Å².